The lowest BCUT2D eigenvalue weighted by atomic mass is 9.97. The van der Waals surface area contributed by atoms with Crippen molar-refractivity contribution in [3.8, 4) is 0 Å². The number of hydrogen-bond acceptors (Lipinski definition) is 13. The number of hydrogen-bond donors (Lipinski definition) is 9. The van der Waals surface area contributed by atoms with Gasteiger partial charge >= 0.3 is 0 Å². The first kappa shape index (κ1) is 89.0. The van der Waals surface area contributed by atoms with Gasteiger partial charge < -0.3 is 65.1 Å². The van der Waals surface area contributed by atoms with Gasteiger partial charge in [0.2, 0.25) is 5.91 Å². The predicted octanol–water partition coefficient (Wildman–Crippen LogP) is 17.7. The Morgan fingerprint density at radius 3 is 1.10 bits per heavy atom. The molecular weight excluding hydrogens is 1210 g/mol. The second kappa shape index (κ2) is 65.2. The molecule has 0 spiro atoms. The number of aliphatic hydroxyl groups excluding tert-OH is 8. The van der Waals surface area contributed by atoms with Crippen LogP contribution in [0.3, 0.4) is 0 Å². The minimum Gasteiger partial charge on any atom is -0.394 e. The average Bonchev–Trinajstić information content (AvgIpc) is 0.797. The number of nitrogens with one attached hydrogen (secondary N) is 1. The van der Waals surface area contributed by atoms with E-state index in [4.69, 9.17) is 18.9 Å². The monoisotopic (exact) mass is 1350 g/mol. The molecule has 9 N–H and O–H groups in total. The normalized spacial score (nSPS) is 22.8. The molecule has 12 unspecified atom stereocenters. The van der Waals surface area contributed by atoms with Crippen molar-refractivity contribution in [1.29, 1.82) is 0 Å². The molecule has 96 heavy (non-hydrogen) atoms. The lowest BCUT2D eigenvalue weighted by Gasteiger charge is -2.46. The summed E-state index contributed by atoms with van der Waals surface area (Å²) in [6.07, 6.45) is 75.7. The van der Waals surface area contributed by atoms with Crippen LogP contribution in [-0.2, 0) is 23.7 Å². The molecule has 0 radical (unpaired) electrons. The van der Waals surface area contributed by atoms with Crippen molar-refractivity contribution >= 4 is 5.91 Å². The standard InChI is InChI=1S/C82H145NO13/c1-3-5-7-9-11-13-15-17-19-21-23-25-27-29-31-32-33-34-35-36-37-38-40-42-44-46-48-50-52-54-56-58-60-62-64-66-74(87)83-70(69-93-81-79(92)77(90)80(73(68-85)95-81)96-82-78(91)76(89)75(88)72(67-84)94-82)71(86)65-63-61-59-57-55-53-51-49-47-45-43-41-39-30-28-26-24-22-20-18-16-14-12-10-8-6-4-2/h5,7,11,13,17,19,23,25,29,31,33-34,36-37,40,42,70-73,75-82,84-86,88-92H,3-4,6,8-10,12,14-16,18,20-22,24,26-28,30,32,35,38-39,41,43-69H2,1-2H3,(H,83,87)/b7-5-,13-11-,19-17-,25-23-,31-29-,34-33-,37-36-,42-40-. The van der Waals surface area contributed by atoms with Crippen molar-refractivity contribution in [3.63, 3.8) is 0 Å². The van der Waals surface area contributed by atoms with Crippen molar-refractivity contribution < 1.29 is 64.6 Å². The van der Waals surface area contributed by atoms with Crippen LogP contribution in [-0.4, -0.2) is 140 Å². The molecule has 12 atom stereocenters. The highest BCUT2D eigenvalue weighted by Crippen LogP contribution is 2.30. The van der Waals surface area contributed by atoms with E-state index in [1.54, 1.807) is 0 Å². The Kier molecular flexibility index (Phi) is 60.5. The third kappa shape index (κ3) is 47.9. The Labute approximate surface area is 585 Å². The fraction of sp³-hybridized carbons (Fsp3) is 0.793. The van der Waals surface area contributed by atoms with E-state index >= 15 is 0 Å². The van der Waals surface area contributed by atoms with Crippen molar-refractivity contribution in [2.45, 2.75) is 396 Å². The van der Waals surface area contributed by atoms with Crippen LogP contribution < -0.4 is 5.32 Å². The van der Waals surface area contributed by atoms with Crippen LogP contribution in [0.2, 0.25) is 0 Å². The molecule has 14 nitrogen and oxygen atoms in total. The number of carbonyl (C=O) groups is 1. The molecule has 2 fully saturated rings. The number of unbranched alkanes of at least 4 members (excludes halogenated alkanes) is 36. The van der Waals surface area contributed by atoms with Gasteiger partial charge in [0.1, 0.15) is 48.8 Å². The third-order valence-corrected chi connectivity index (χ3v) is 18.8. The Balaban J connectivity index is 1.63. The second-order valence-corrected chi connectivity index (χ2v) is 27.5. The summed E-state index contributed by atoms with van der Waals surface area (Å²) in [6, 6.07) is -0.839. The summed E-state index contributed by atoms with van der Waals surface area (Å²) in [5.74, 6) is -0.211. The predicted molar refractivity (Wildman–Crippen MR) is 396 cm³/mol. The Bertz CT molecular complexity index is 1980. The zero-order valence-corrected chi connectivity index (χ0v) is 60.8. The molecular formula is C82H145NO13. The number of rotatable bonds is 65. The molecule has 1 amide bonds. The van der Waals surface area contributed by atoms with E-state index in [-0.39, 0.29) is 12.5 Å². The van der Waals surface area contributed by atoms with Crippen molar-refractivity contribution in [2.24, 2.45) is 0 Å². The van der Waals surface area contributed by atoms with Gasteiger partial charge in [-0.25, -0.2) is 0 Å². The first-order chi connectivity index (χ1) is 47.1. The summed E-state index contributed by atoms with van der Waals surface area (Å²) in [5, 5.41) is 87.9. The van der Waals surface area contributed by atoms with E-state index < -0.39 is 86.8 Å². The van der Waals surface area contributed by atoms with Gasteiger partial charge in [0.25, 0.3) is 0 Å². The highest BCUT2D eigenvalue weighted by Gasteiger charge is 2.51. The van der Waals surface area contributed by atoms with E-state index in [1.165, 1.54) is 186 Å². The van der Waals surface area contributed by atoms with Crippen molar-refractivity contribution in [2.75, 3.05) is 19.8 Å². The number of ether oxygens (including phenoxy) is 4. The molecule has 2 aliphatic heterocycles. The molecule has 0 aromatic rings. The Morgan fingerprint density at radius 1 is 0.385 bits per heavy atom. The Morgan fingerprint density at radius 2 is 0.719 bits per heavy atom. The van der Waals surface area contributed by atoms with Crippen LogP contribution in [0.15, 0.2) is 97.2 Å². The number of amides is 1. The molecule has 14 heteroatoms. The zero-order chi connectivity index (χ0) is 69.4. The molecule has 556 valence electrons. The van der Waals surface area contributed by atoms with E-state index in [1.807, 2.05) is 0 Å². The molecule has 0 saturated carbocycles. The first-order valence-electron chi connectivity index (χ1n) is 39.5. The molecule has 0 aliphatic carbocycles. The largest absolute Gasteiger partial charge is 0.394 e. The molecule has 0 aromatic heterocycles. The fourth-order valence-electron chi connectivity index (χ4n) is 12.6. The summed E-state index contributed by atoms with van der Waals surface area (Å²) < 4.78 is 23.0. The number of carbonyl (C=O) groups excluding carboxylic acids is 1. The Hall–Kier alpha value is -3.09. The van der Waals surface area contributed by atoms with E-state index in [2.05, 4.69) is 116 Å². The minimum absolute atomic E-state index is 0.211. The molecule has 2 heterocycles. The SMILES string of the molecule is CC/C=C\C/C=C\C/C=C\C/C=C\C/C=C\C/C=C\C/C=C\C/C=C\CCCCCCCCCCCCC(=O)NC(COC1OC(CO)C(OC2OC(CO)C(O)C(O)C2O)C(O)C1O)C(O)CCCCCCCCCCCCCCCCCCCCCCCCCCCCC. The van der Waals surface area contributed by atoms with E-state index in [0.717, 1.165) is 103 Å². The van der Waals surface area contributed by atoms with E-state index in [9.17, 15) is 45.6 Å². The maximum atomic E-state index is 13.4. The third-order valence-electron chi connectivity index (χ3n) is 18.8. The average molecular weight is 1350 g/mol. The summed E-state index contributed by atoms with van der Waals surface area (Å²) in [7, 11) is 0. The number of allylic oxidation sites excluding steroid dienone is 16. The summed E-state index contributed by atoms with van der Waals surface area (Å²) >= 11 is 0. The van der Waals surface area contributed by atoms with Crippen molar-refractivity contribution in [3.05, 3.63) is 97.2 Å². The molecule has 0 bridgehead atoms. The van der Waals surface area contributed by atoms with Crippen LogP contribution >= 0.6 is 0 Å². The fourth-order valence-corrected chi connectivity index (χ4v) is 12.6. The summed E-state index contributed by atoms with van der Waals surface area (Å²) in [6.45, 7) is 2.78. The van der Waals surface area contributed by atoms with Crippen LogP contribution in [0.4, 0.5) is 0 Å². The van der Waals surface area contributed by atoms with Crippen LogP contribution in [0.1, 0.15) is 322 Å². The minimum atomic E-state index is -1.79. The van der Waals surface area contributed by atoms with Gasteiger partial charge in [-0.1, -0.05) is 336 Å². The maximum absolute atomic E-state index is 13.4. The molecule has 0 aromatic carbocycles. The molecule has 2 rings (SSSR count). The highest BCUT2D eigenvalue weighted by molar-refractivity contribution is 5.76. The zero-order valence-electron chi connectivity index (χ0n) is 60.8. The molecule has 2 aliphatic rings. The van der Waals surface area contributed by atoms with Gasteiger partial charge in [-0.05, 0) is 77.0 Å². The van der Waals surface area contributed by atoms with Gasteiger partial charge in [-0.3, -0.25) is 4.79 Å². The summed E-state index contributed by atoms with van der Waals surface area (Å²) in [4.78, 5) is 13.4. The second-order valence-electron chi connectivity index (χ2n) is 27.5. The lowest BCUT2D eigenvalue weighted by molar-refractivity contribution is -0.359. The van der Waals surface area contributed by atoms with Gasteiger partial charge in [0.15, 0.2) is 12.6 Å². The van der Waals surface area contributed by atoms with Gasteiger partial charge in [-0.2, -0.15) is 0 Å². The van der Waals surface area contributed by atoms with Crippen LogP contribution in [0.5, 0.6) is 0 Å². The molecule has 2 saturated heterocycles. The number of aliphatic hydroxyl groups is 8. The van der Waals surface area contributed by atoms with Crippen molar-refractivity contribution in [1.82, 2.24) is 5.32 Å². The van der Waals surface area contributed by atoms with Crippen LogP contribution in [0.25, 0.3) is 0 Å². The highest BCUT2D eigenvalue weighted by atomic mass is 16.7. The lowest BCUT2D eigenvalue weighted by Crippen LogP contribution is -2.65. The first-order valence-corrected chi connectivity index (χ1v) is 39.5. The van der Waals surface area contributed by atoms with Gasteiger partial charge in [0.05, 0.1) is 32.0 Å². The van der Waals surface area contributed by atoms with Crippen LogP contribution in [0, 0.1) is 0 Å². The summed E-state index contributed by atoms with van der Waals surface area (Å²) in [5.41, 5.74) is 0. The quantitative estimate of drug-likeness (QED) is 0.0204. The van der Waals surface area contributed by atoms with E-state index in [0.29, 0.717) is 19.3 Å². The maximum Gasteiger partial charge on any atom is 0.220 e. The topological polar surface area (TPSA) is 228 Å². The van der Waals surface area contributed by atoms with Gasteiger partial charge in [0, 0.05) is 6.42 Å². The smallest absolute Gasteiger partial charge is 0.220 e. The van der Waals surface area contributed by atoms with Gasteiger partial charge in [-0.15, -0.1) is 0 Å².